The summed E-state index contributed by atoms with van der Waals surface area (Å²) in [5, 5.41) is 9.27. The van der Waals surface area contributed by atoms with Crippen LogP contribution in [0.15, 0.2) is 21.5 Å². The lowest BCUT2D eigenvalue weighted by Crippen LogP contribution is -2.29. The number of halogens is 3. The minimum atomic E-state index is -3.72. The molecule has 0 bridgehead atoms. The van der Waals surface area contributed by atoms with E-state index < -0.39 is 10.0 Å². The third-order valence-corrected chi connectivity index (χ3v) is 6.31. The van der Waals surface area contributed by atoms with Crippen molar-refractivity contribution in [2.24, 2.45) is 5.92 Å². The molecule has 19 heavy (non-hydrogen) atoms. The number of aliphatic hydroxyl groups excluding tert-OH is 1. The van der Waals surface area contributed by atoms with Crippen molar-refractivity contribution >= 4 is 49.2 Å². The standard InChI is InChI=1S/C11H12BrCl2NO3S/c12-8-3-9(13)11(10(14)4-8)19(17,18)15-2-1-7(5-15)6-16/h3-4,7,16H,1-2,5-6H2. The van der Waals surface area contributed by atoms with Crippen molar-refractivity contribution in [3.05, 3.63) is 26.7 Å². The van der Waals surface area contributed by atoms with Crippen molar-refractivity contribution in [1.82, 2.24) is 4.31 Å². The second kappa shape index (κ2) is 5.87. The molecular formula is C11H12BrCl2NO3S. The molecule has 4 nitrogen and oxygen atoms in total. The molecule has 1 N–H and O–H groups in total. The van der Waals surface area contributed by atoms with Gasteiger partial charge >= 0.3 is 0 Å². The van der Waals surface area contributed by atoms with Crippen LogP contribution in [0.5, 0.6) is 0 Å². The van der Waals surface area contributed by atoms with E-state index in [1.165, 1.54) is 16.4 Å². The molecule has 0 radical (unpaired) electrons. The molecule has 106 valence electrons. The molecule has 0 saturated carbocycles. The Morgan fingerprint density at radius 2 is 1.95 bits per heavy atom. The Morgan fingerprint density at radius 1 is 1.37 bits per heavy atom. The normalized spacial score (nSPS) is 20.9. The van der Waals surface area contributed by atoms with Crippen LogP contribution in [0.25, 0.3) is 0 Å². The lowest BCUT2D eigenvalue weighted by atomic mass is 10.1. The molecule has 1 atom stereocenters. The molecule has 0 aliphatic carbocycles. The highest BCUT2D eigenvalue weighted by Gasteiger charge is 2.34. The van der Waals surface area contributed by atoms with Crippen LogP contribution in [-0.2, 0) is 10.0 Å². The Hall–Kier alpha value is 0.150. The van der Waals surface area contributed by atoms with Gasteiger partial charge in [-0.1, -0.05) is 39.1 Å². The van der Waals surface area contributed by atoms with Crippen LogP contribution < -0.4 is 0 Å². The maximum Gasteiger partial charge on any atom is 0.246 e. The van der Waals surface area contributed by atoms with Crippen LogP contribution in [0.2, 0.25) is 10.0 Å². The molecule has 1 fully saturated rings. The summed E-state index contributed by atoms with van der Waals surface area (Å²) in [5.41, 5.74) is 0. The van der Waals surface area contributed by atoms with E-state index in [-0.39, 0.29) is 27.5 Å². The minimum absolute atomic E-state index is 0.0200. The van der Waals surface area contributed by atoms with Gasteiger partial charge in [0.15, 0.2) is 0 Å². The Morgan fingerprint density at radius 3 is 2.42 bits per heavy atom. The predicted octanol–water partition coefficient (Wildman–Crippen LogP) is 2.76. The fourth-order valence-corrected chi connectivity index (χ4v) is 5.48. The second-order valence-electron chi connectivity index (χ2n) is 4.40. The molecular weight excluding hydrogens is 377 g/mol. The van der Waals surface area contributed by atoms with Crippen molar-refractivity contribution in [2.75, 3.05) is 19.7 Å². The minimum Gasteiger partial charge on any atom is -0.396 e. The third-order valence-electron chi connectivity index (χ3n) is 3.07. The average molecular weight is 389 g/mol. The van der Waals surface area contributed by atoms with E-state index in [9.17, 15) is 8.42 Å². The van der Waals surface area contributed by atoms with Crippen LogP contribution >= 0.6 is 39.1 Å². The highest BCUT2D eigenvalue weighted by atomic mass is 79.9. The van der Waals surface area contributed by atoms with Gasteiger partial charge in [-0.25, -0.2) is 8.42 Å². The van der Waals surface area contributed by atoms with Crippen molar-refractivity contribution < 1.29 is 13.5 Å². The Kier molecular flexibility index (Phi) is 4.80. The van der Waals surface area contributed by atoms with Crippen molar-refractivity contribution in [2.45, 2.75) is 11.3 Å². The fourth-order valence-electron chi connectivity index (χ4n) is 2.07. The summed E-state index contributed by atoms with van der Waals surface area (Å²) in [4.78, 5) is -0.0716. The molecule has 1 saturated heterocycles. The van der Waals surface area contributed by atoms with Crippen LogP contribution in [0, 0.1) is 5.92 Å². The van der Waals surface area contributed by atoms with Crippen LogP contribution in [0.3, 0.4) is 0 Å². The molecule has 8 heteroatoms. The molecule has 1 aromatic rings. The first-order valence-electron chi connectivity index (χ1n) is 5.62. The van der Waals surface area contributed by atoms with Crippen LogP contribution in [-0.4, -0.2) is 37.5 Å². The SMILES string of the molecule is O=S(=O)(c1c(Cl)cc(Br)cc1Cl)N1CCC(CO)C1. The lowest BCUT2D eigenvalue weighted by molar-refractivity contribution is 0.233. The summed E-state index contributed by atoms with van der Waals surface area (Å²) in [6.07, 6.45) is 0.640. The summed E-state index contributed by atoms with van der Waals surface area (Å²) in [6, 6.07) is 3.00. The van der Waals surface area contributed by atoms with E-state index in [0.717, 1.165) is 0 Å². The lowest BCUT2D eigenvalue weighted by Gasteiger charge is -2.18. The maximum atomic E-state index is 12.5. The smallest absolute Gasteiger partial charge is 0.246 e. The van der Waals surface area contributed by atoms with E-state index in [0.29, 0.717) is 24.0 Å². The fraction of sp³-hybridized carbons (Fsp3) is 0.455. The molecule has 1 heterocycles. The summed E-state index contributed by atoms with van der Waals surface area (Å²) in [7, 11) is -3.72. The number of hydrogen-bond acceptors (Lipinski definition) is 3. The number of sulfonamides is 1. The first-order chi connectivity index (χ1) is 8.86. The summed E-state index contributed by atoms with van der Waals surface area (Å²) >= 11 is 15.2. The summed E-state index contributed by atoms with van der Waals surface area (Å²) in [6.45, 7) is 0.645. The zero-order valence-corrected chi connectivity index (χ0v) is 13.7. The molecule has 0 spiro atoms. The van der Waals surface area contributed by atoms with Crippen molar-refractivity contribution in [1.29, 1.82) is 0 Å². The average Bonchev–Trinajstić information content (AvgIpc) is 2.75. The highest BCUT2D eigenvalue weighted by molar-refractivity contribution is 9.10. The molecule has 0 amide bonds. The van der Waals surface area contributed by atoms with E-state index in [1.807, 2.05) is 0 Å². The van der Waals surface area contributed by atoms with Gasteiger partial charge in [0, 0.05) is 24.2 Å². The van der Waals surface area contributed by atoms with Gasteiger partial charge in [-0.3, -0.25) is 0 Å². The molecule has 2 rings (SSSR count). The van der Waals surface area contributed by atoms with E-state index in [2.05, 4.69) is 15.9 Å². The third kappa shape index (κ3) is 3.09. The Bertz CT molecular complexity index is 571. The Balaban J connectivity index is 2.41. The van der Waals surface area contributed by atoms with Gasteiger partial charge in [-0.05, 0) is 24.5 Å². The van der Waals surface area contributed by atoms with Gasteiger partial charge in [0.2, 0.25) is 10.0 Å². The van der Waals surface area contributed by atoms with Crippen molar-refractivity contribution in [3.63, 3.8) is 0 Å². The van der Waals surface area contributed by atoms with Gasteiger partial charge < -0.3 is 5.11 Å². The number of aliphatic hydroxyl groups is 1. The van der Waals surface area contributed by atoms with Gasteiger partial charge in [-0.2, -0.15) is 4.31 Å². The summed E-state index contributed by atoms with van der Waals surface area (Å²) < 4.78 is 27.0. The second-order valence-corrected chi connectivity index (χ2v) is 8.00. The van der Waals surface area contributed by atoms with E-state index in [4.69, 9.17) is 28.3 Å². The first-order valence-corrected chi connectivity index (χ1v) is 8.60. The quantitative estimate of drug-likeness (QED) is 0.865. The van der Waals surface area contributed by atoms with Gasteiger partial charge in [0.25, 0.3) is 0 Å². The maximum absolute atomic E-state index is 12.5. The van der Waals surface area contributed by atoms with E-state index in [1.54, 1.807) is 0 Å². The molecule has 1 aliphatic rings. The largest absolute Gasteiger partial charge is 0.396 e. The van der Waals surface area contributed by atoms with Crippen LogP contribution in [0.1, 0.15) is 6.42 Å². The van der Waals surface area contributed by atoms with Gasteiger partial charge in [0.05, 0.1) is 10.0 Å². The number of rotatable bonds is 3. The number of benzene rings is 1. The number of hydrogen-bond donors (Lipinski definition) is 1. The first kappa shape index (κ1) is 15.5. The highest BCUT2D eigenvalue weighted by Crippen LogP contribution is 2.36. The zero-order valence-electron chi connectivity index (χ0n) is 9.81. The molecule has 1 unspecified atom stereocenters. The monoisotopic (exact) mass is 387 g/mol. The molecule has 1 aromatic carbocycles. The molecule has 1 aliphatic heterocycles. The molecule has 0 aromatic heterocycles. The van der Waals surface area contributed by atoms with Crippen molar-refractivity contribution in [3.8, 4) is 0 Å². The van der Waals surface area contributed by atoms with Crippen LogP contribution in [0.4, 0.5) is 0 Å². The topological polar surface area (TPSA) is 57.6 Å². The predicted molar refractivity (Wildman–Crippen MR) is 78.1 cm³/mol. The summed E-state index contributed by atoms with van der Waals surface area (Å²) in [5.74, 6) is -0.0252. The van der Waals surface area contributed by atoms with E-state index >= 15 is 0 Å². The number of nitrogens with zero attached hydrogens (tertiary/aromatic N) is 1. The van der Waals surface area contributed by atoms with Gasteiger partial charge in [-0.15, -0.1) is 0 Å². The van der Waals surface area contributed by atoms with Gasteiger partial charge in [0.1, 0.15) is 4.90 Å². The zero-order chi connectivity index (χ0) is 14.2. The Labute approximate surface area is 130 Å².